The van der Waals surface area contributed by atoms with Crippen molar-refractivity contribution in [3.05, 3.63) is 23.6 Å². The lowest BCUT2D eigenvalue weighted by atomic mass is 9.86. The molecule has 0 aromatic carbocycles. The van der Waals surface area contributed by atoms with Gasteiger partial charge in [-0.3, -0.25) is 4.79 Å². The Morgan fingerprint density at radius 3 is 2.50 bits per heavy atom. The molecular formula is C9H8FNO3. The molecule has 2 N–H and O–H groups in total. The Hall–Kier alpha value is -1.78. The number of hydrogen-bond acceptors (Lipinski definition) is 3. The minimum atomic E-state index is -1.38. The Morgan fingerprint density at radius 2 is 2.07 bits per heavy atom. The molecule has 0 saturated heterocycles. The molecule has 0 aromatic heterocycles. The zero-order valence-corrected chi connectivity index (χ0v) is 7.37. The van der Waals surface area contributed by atoms with E-state index in [0.717, 1.165) is 12.2 Å². The molecule has 0 amide bonds. The Labute approximate surface area is 79.2 Å². The Bertz CT molecular complexity index is 382. The van der Waals surface area contributed by atoms with Crippen LogP contribution in [0.3, 0.4) is 0 Å². The molecule has 0 fully saturated rings. The van der Waals surface area contributed by atoms with Gasteiger partial charge >= 0.3 is 5.97 Å². The van der Waals surface area contributed by atoms with Gasteiger partial charge in [0.05, 0.1) is 11.5 Å². The molecule has 1 unspecified atom stereocenters. The SMILES string of the molecule is CC(=O)C1C(=N)C=C(F)C=C1C(=O)O. The van der Waals surface area contributed by atoms with Crippen LogP contribution in [-0.2, 0) is 9.59 Å². The molecule has 0 spiro atoms. The van der Waals surface area contributed by atoms with Gasteiger partial charge in [-0.15, -0.1) is 0 Å². The van der Waals surface area contributed by atoms with Crippen LogP contribution in [0, 0.1) is 11.3 Å². The molecular weight excluding hydrogens is 189 g/mol. The summed E-state index contributed by atoms with van der Waals surface area (Å²) in [4.78, 5) is 21.7. The number of ketones is 1. The van der Waals surface area contributed by atoms with Crippen molar-refractivity contribution >= 4 is 17.5 Å². The van der Waals surface area contributed by atoms with E-state index in [-0.39, 0.29) is 11.3 Å². The fraction of sp³-hybridized carbons (Fsp3) is 0.222. The molecule has 0 bridgehead atoms. The number of rotatable bonds is 2. The van der Waals surface area contributed by atoms with Crippen LogP contribution in [0.1, 0.15) is 6.92 Å². The van der Waals surface area contributed by atoms with Gasteiger partial charge in [-0.2, -0.15) is 0 Å². The summed E-state index contributed by atoms with van der Waals surface area (Å²) in [6.45, 7) is 1.17. The van der Waals surface area contributed by atoms with Crippen molar-refractivity contribution in [1.82, 2.24) is 0 Å². The molecule has 14 heavy (non-hydrogen) atoms. The summed E-state index contributed by atoms with van der Waals surface area (Å²) in [5.41, 5.74) is -0.711. The van der Waals surface area contributed by atoms with Crippen LogP contribution in [0.25, 0.3) is 0 Å². The maximum Gasteiger partial charge on any atom is 0.332 e. The van der Waals surface area contributed by atoms with Gasteiger partial charge < -0.3 is 10.5 Å². The van der Waals surface area contributed by atoms with E-state index in [1.54, 1.807) is 0 Å². The number of nitrogens with one attached hydrogen (secondary N) is 1. The number of carboxylic acids is 1. The third kappa shape index (κ3) is 1.76. The van der Waals surface area contributed by atoms with Crippen LogP contribution < -0.4 is 0 Å². The molecule has 1 rings (SSSR count). The monoisotopic (exact) mass is 197 g/mol. The lowest BCUT2D eigenvalue weighted by molar-refractivity contribution is -0.134. The van der Waals surface area contributed by atoms with Crippen molar-refractivity contribution in [2.75, 3.05) is 0 Å². The topological polar surface area (TPSA) is 78.2 Å². The van der Waals surface area contributed by atoms with Crippen LogP contribution in [0.2, 0.25) is 0 Å². The van der Waals surface area contributed by atoms with Gasteiger partial charge in [0.1, 0.15) is 11.6 Å². The van der Waals surface area contributed by atoms with E-state index in [1.165, 1.54) is 6.92 Å². The fourth-order valence-electron chi connectivity index (χ4n) is 1.30. The Balaban J connectivity index is 3.19. The first-order valence-electron chi connectivity index (χ1n) is 3.84. The minimum Gasteiger partial charge on any atom is -0.478 e. The summed E-state index contributed by atoms with van der Waals surface area (Å²) in [6.07, 6.45) is 1.62. The highest BCUT2D eigenvalue weighted by atomic mass is 19.1. The largest absolute Gasteiger partial charge is 0.478 e. The maximum atomic E-state index is 12.8. The second-order valence-electron chi connectivity index (χ2n) is 2.93. The molecule has 1 atom stereocenters. The number of carbonyl (C=O) groups is 2. The number of carbonyl (C=O) groups excluding carboxylic acids is 1. The van der Waals surface area contributed by atoms with Gasteiger partial charge in [0.2, 0.25) is 0 Å². The van der Waals surface area contributed by atoms with Crippen molar-refractivity contribution in [3.63, 3.8) is 0 Å². The Morgan fingerprint density at radius 1 is 1.50 bits per heavy atom. The normalized spacial score (nSPS) is 21.3. The maximum absolute atomic E-state index is 12.8. The molecule has 74 valence electrons. The Kier molecular flexibility index (Phi) is 2.60. The molecule has 1 aliphatic rings. The van der Waals surface area contributed by atoms with Crippen LogP contribution in [0.4, 0.5) is 4.39 Å². The second kappa shape index (κ2) is 3.53. The summed E-state index contributed by atoms with van der Waals surface area (Å²) in [5, 5.41) is 16.0. The van der Waals surface area contributed by atoms with Crippen LogP contribution in [-0.4, -0.2) is 22.6 Å². The lowest BCUT2D eigenvalue weighted by Gasteiger charge is -2.16. The first-order chi connectivity index (χ1) is 6.43. The summed E-state index contributed by atoms with van der Waals surface area (Å²) >= 11 is 0. The highest BCUT2D eigenvalue weighted by molar-refractivity contribution is 6.17. The van der Waals surface area contributed by atoms with E-state index in [0.29, 0.717) is 0 Å². The summed E-state index contributed by atoms with van der Waals surface area (Å²) < 4.78 is 12.8. The highest BCUT2D eigenvalue weighted by Crippen LogP contribution is 2.23. The standard InChI is InChI=1S/C9H8FNO3/c1-4(12)8-6(9(13)14)2-5(10)3-7(8)11/h2-3,8,11H,1H3,(H,13,14). The molecule has 0 radical (unpaired) electrons. The summed E-state index contributed by atoms with van der Waals surface area (Å²) in [5.74, 6) is -3.82. The first kappa shape index (κ1) is 10.3. The third-order valence-electron chi connectivity index (χ3n) is 1.86. The molecule has 0 heterocycles. The predicted molar refractivity (Wildman–Crippen MR) is 46.8 cm³/mol. The smallest absolute Gasteiger partial charge is 0.332 e. The zero-order chi connectivity index (χ0) is 10.9. The number of halogens is 1. The molecule has 0 aliphatic heterocycles. The van der Waals surface area contributed by atoms with Gasteiger partial charge in [0.15, 0.2) is 0 Å². The van der Waals surface area contributed by atoms with Gasteiger partial charge in [0.25, 0.3) is 0 Å². The number of allylic oxidation sites excluding steroid dienone is 3. The van der Waals surface area contributed by atoms with E-state index in [9.17, 15) is 14.0 Å². The molecule has 4 nitrogen and oxygen atoms in total. The quantitative estimate of drug-likeness (QED) is 0.695. The van der Waals surface area contributed by atoms with Gasteiger partial charge in [-0.1, -0.05) is 0 Å². The average Bonchev–Trinajstić information content (AvgIpc) is 2.01. The van der Waals surface area contributed by atoms with E-state index in [2.05, 4.69) is 0 Å². The van der Waals surface area contributed by atoms with E-state index in [1.807, 2.05) is 0 Å². The molecule has 5 heteroatoms. The van der Waals surface area contributed by atoms with Crippen molar-refractivity contribution in [2.24, 2.45) is 5.92 Å². The van der Waals surface area contributed by atoms with Crippen molar-refractivity contribution in [2.45, 2.75) is 6.92 Å². The van der Waals surface area contributed by atoms with Crippen molar-refractivity contribution < 1.29 is 19.1 Å². The molecule has 0 aromatic rings. The number of hydrogen-bond donors (Lipinski definition) is 2. The van der Waals surface area contributed by atoms with E-state index < -0.39 is 23.5 Å². The van der Waals surface area contributed by atoms with Crippen LogP contribution >= 0.6 is 0 Å². The second-order valence-corrected chi connectivity index (χ2v) is 2.93. The van der Waals surface area contributed by atoms with E-state index >= 15 is 0 Å². The van der Waals surface area contributed by atoms with Crippen LogP contribution in [0.5, 0.6) is 0 Å². The number of aliphatic carboxylic acids is 1. The summed E-state index contributed by atoms with van der Waals surface area (Å²) in [6, 6.07) is 0. The first-order valence-corrected chi connectivity index (χ1v) is 3.84. The zero-order valence-electron chi connectivity index (χ0n) is 7.37. The summed E-state index contributed by atoms with van der Waals surface area (Å²) in [7, 11) is 0. The predicted octanol–water partition coefficient (Wildman–Crippen LogP) is 1.09. The fourth-order valence-corrected chi connectivity index (χ4v) is 1.30. The van der Waals surface area contributed by atoms with Gasteiger partial charge in [-0.05, 0) is 19.1 Å². The molecule has 0 saturated carbocycles. The van der Waals surface area contributed by atoms with Crippen molar-refractivity contribution in [1.29, 1.82) is 5.41 Å². The van der Waals surface area contributed by atoms with Gasteiger partial charge in [0, 0.05) is 5.71 Å². The number of carboxylic acid groups (broad SMARTS) is 1. The lowest BCUT2D eigenvalue weighted by Crippen LogP contribution is -2.28. The molecule has 1 aliphatic carbocycles. The highest BCUT2D eigenvalue weighted by Gasteiger charge is 2.31. The number of Topliss-reactive ketones (excluding diaryl/α,β-unsaturated/α-hetero) is 1. The minimum absolute atomic E-state index is 0.324. The van der Waals surface area contributed by atoms with Gasteiger partial charge in [-0.25, -0.2) is 9.18 Å². The van der Waals surface area contributed by atoms with E-state index in [4.69, 9.17) is 10.5 Å². The third-order valence-corrected chi connectivity index (χ3v) is 1.86. The average molecular weight is 197 g/mol. The van der Waals surface area contributed by atoms with Crippen LogP contribution in [0.15, 0.2) is 23.6 Å². The van der Waals surface area contributed by atoms with Crippen molar-refractivity contribution in [3.8, 4) is 0 Å².